The summed E-state index contributed by atoms with van der Waals surface area (Å²) in [5, 5.41) is 15.8. The standard InChI is InChI=1S/C18H18N2O/c1-13-5-4-8-18(20-13)19-12-17(21)16-10-9-14-6-2-3-7-15(14)11-16/h2-11,17,21H,12H2,1H3,(H,19,20). The minimum atomic E-state index is -0.558. The van der Waals surface area contributed by atoms with Crippen LogP contribution in [0.2, 0.25) is 0 Å². The van der Waals surface area contributed by atoms with Crippen LogP contribution in [0.1, 0.15) is 17.4 Å². The zero-order valence-corrected chi connectivity index (χ0v) is 12.0. The normalized spacial score (nSPS) is 12.3. The first-order chi connectivity index (χ1) is 10.2. The van der Waals surface area contributed by atoms with Gasteiger partial charge in [-0.25, -0.2) is 4.98 Å². The Morgan fingerprint density at radius 1 is 1.00 bits per heavy atom. The van der Waals surface area contributed by atoms with Crippen LogP contribution in [0.4, 0.5) is 5.82 Å². The predicted molar refractivity (Wildman–Crippen MR) is 86.4 cm³/mol. The lowest BCUT2D eigenvalue weighted by Crippen LogP contribution is -2.13. The molecule has 106 valence electrons. The number of fused-ring (bicyclic) bond motifs is 1. The molecule has 0 saturated heterocycles. The van der Waals surface area contributed by atoms with Crippen molar-refractivity contribution in [3.8, 4) is 0 Å². The Bertz CT molecular complexity index is 755. The number of nitrogens with zero attached hydrogens (tertiary/aromatic N) is 1. The number of nitrogens with one attached hydrogen (secondary N) is 1. The van der Waals surface area contributed by atoms with Gasteiger partial charge in [-0.2, -0.15) is 0 Å². The molecule has 1 heterocycles. The summed E-state index contributed by atoms with van der Waals surface area (Å²) in [4.78, 5) is 4.37. The first-order valence-corrected chi connectivity index (χ1v) is 7.07. The second kappa shape index (κ2) is 5.94. The Labute approximate surface area is 124 Å². The van der Waals surface area contributed by atoms with Gasteiger partial charge in [-0.1, -0.05) is 42.5 Å². The molecule has 0 radical (unpaired) electrons. The van der Waals surface area contributed by atoms with Crippen LogP contribution in [0.5, 0.6) is 0 Å². The second-order valence-electron chi connectivity index (χ2n) is 5.17. The van der Waals surface area contributed by atoms with Crippen molar-refractivity contribution in [3.05, 3.63) is 71.9 Å². The molecule has 1 unspecified atom stereocenters. The number of anilines is 1. The van der Waals surface area contributed by atoms with Gasteiger partial charge < -0.3 is 10.4 Å². The average molecular weight is 278 g/mol. The topological polar surface area (TPSA) is 45.1 Å². The number of aliphatic hydroxyl groups is 1. The third kappa shape index (κ3) is 3.20. The Morgan fingerprint density at radius 2 is 1.81 bits per heavy atom. The highest BCUT2D eigenvalue weighted by atomic mass is 16.3. The third-order valence-electron chi connectivity index (χ3n) is 3.52. The smallest absolute Gasteiger partial charge is 0.126 e. The van der Waals surface area contributed by atoms with E-state index in [1.807, 2.05) is 55.5 Å². The molecule has 3 nitrogen and oxygen atoms in total. The SMILES string of the molecule is Cc1cccc(NCC(O)c2ccc3ccccc3c2)n1. The molecule has 3 aromatic rings. The molecule has 2 N–H and O–H groups in total. The zero-order chi connectivity index (χ0) is 14.7. The van der Waals surface area contributed by atoms with E-state index in [-0.39, 0.29) is 0 Å². The lowest BCUT2D eigenvalue weighted by Gasteiger charge is -2.13. The maximum absolute atomic E-state index is 10.3. The molecule has 1 atom stereocenters. The monoisotopic (exact) mass is 278 g/mol. The molecule has 0 fully saturated rings. The van der Waals surface area contributed by atoms with E-state index in [9.17, 15) is 5.11 Å². The Kier molecular flexibility index (Phi) is 3.84. The van der Waals surface area contributed by atoms with E-state index in [4.69, 9.17) is 0 Å². The molecule has 0 aliphatic heterocycles. The number of pyridine rings is 1. The summed E-state index contributed by atoms with van der Waals surface area (Å²) in [6, 6.07) is 20.0. The Hall–Kier alpha value is -2.39. The van der Waals surface area contributed by atoms with Crippen molar-refractivity contribution in [2.45, 2.75) is 13.0 Å². The molecule has 0 aliphatic carbocycles. The lowest BCUT2D eigenvalue weighted by molar-refractivity contribution is 0.191. The summed E-state index contributed by atoms with van der Waals surface area (Å²) in [5.41, 5.74) is 1.87. The zero-order valence-electron chi connectivity index (χ0n) is 12.0. The van der Waals surface area contributed by atoms with Crippen LogP contribution in [0.15, 0.2) is 60.7 Å². The highest BCUT2D eigenvalue weighted by Crippen LogP contribution is 2.20. The largest absolute Gasteiger partial charge is 0.387 e. The van der Waals surface area contributed by atoms with E-state index >= 15 is 0 Å². The van der Waals surface area contributed by atoms with Crippen LogP contribution >= 0.6 is 0 Å². The molecule has 0 bridgehead atoms. The molecular formula is C18H18N2O. The predicted octanol–water partition coefficient (Wildman–Crippen LogP) is 3.69. The molecule has 1 aromatic heterocycles. The minimum Gasteiger partial charge on any atom is -0.387 e. The third-order valence-corrected chi connectivity index (χ3v) is 3.52. The number of aryl methyl sites for hydroxylation is 1. The van der Waals surface area contributed by atoms with Crippen molar-refractivity contribution in [3.63, 3.8) is 0 Å². The Morgan fingerprint density at radius 3 is 2.62 bits per heavy atom. The van der Waals surface area contributed by atoms with Crippen molar-refractivity contribution in [1.29, 1.82) is 0 Å². The highest BCUT2D eigenvalue weighted by molar-refractivity contribution is 5.83. The molecule has 0 spiro atoms. The number of hydrogen-bond donors (Lipinski definition) is 2. The molecule has 0 aliphatic rings. The van der Waals surface area contributed by atoms with Gasteiger partial charge in [0.2, 0.25) is 0 Å². The second-order valence-corrected chi connectivity index (χ2v) is 5.17. The lowest BCUT2D eigenvalue weighted by atomic mass is 10.0. The van der Waals surface area contributed by atoms with Crippen LogP contribution in [-0.4, -0.2) is 16.6 Å². The number of hydrogen-bond acceptors (Lipinski definition) is 3. The molecule has 2 aromatic carbocycles. The number of benzene rings is 2. The van der Waals surface area contributed by atoms with E-state index in [0.717, 1.165) is 22.5 Å². The van der Waals surface area contributed by atoms with E-state index < -0.39 is 6.10 Å². The van der Waals surface area contributed by atoms with E-state index in [1.54, 1.807) is 0 Å². The van der Waals surface area contributed by atoms with Crippen molar-refractivity contribution in [1.82, 2.24) is 4.98 Å². The minimum absolute atomic E-state index is 0.439. The van der Waals surface area contributed by atoms with Gasteiger partial charge in [0.05, 0.1) is 6.10 Å². The Balaban J connectivity index is 1.73. The summed E-state index contributed by atoms with van der Waals surface area (Å²) in [6.45, 7) is 2.39. The summed E-state index contributed by atoms with van der Waals surface area (Å²) in [7, 11) is 0. The fourth-order valence-corrected chi connectivity index (χ4v) is 2.38. The van der Waals surface area contributed by atoms with Gasteiger partial charge >= 0.3 is 0 Å². The maximum Gasteiger partial charge on any atom is 0.126 e. The van der Waals surface area contributed by atoms with Crippen molar-refractivity contribution in [2.24, 2.45) is 0 Å². The first-order valence-electron chi connectivity index (χ1n) is 7.07. The fraction of sp³-hybridized carbons (Fsp3) is 0.167. The van der Waals surface area contributed by atoms with Gasteiger partial charge in [-0.15, -0.1) is 0 Å². The van der Waals surface area contributed by atoms with Gasteiger partial charge in [0.1, 0.15) is 5.82 Å². The molecule has 21 heavy (non-hydrogen) atoms. The van der Waals surface area contributed by atoms with Crippen LogP contribution in [0.3, 0.4) is 0 Å². The van der Waals surface area contributed by atoms with Crippen molar-refractivity contribution < 1.29 is 5.11 Å². The highest BCUT2D eigenvalue weighted by Gasteiger charge is 2.08. The molecule has 3 rings (SSSR count). The number of aromatic nitrogens is 1. The van der Waals surface area contributed by atoms with Crippen molar-refractivity contribution in [2.75, 3.05) is 11.9 Å². The van der Waals surface area contributed by atoms with Crippen molar-refractivity contribution >= 4 is 16.6 Å². The van der Waals surface area contributed by atoms with Crippen LogP contribution < -0.4 is 5.32 Å². The summed E-state index contributed by atoms with van der Waals surface area (Å²) in [5.74, 6) is 0.787. The quantitative estimate of drug-likeness (QED) is 0.765. The van der Waals surface area contributed by atoms with Gasteiger partial charge in [-0.3, -0.25) is 0 Å². The molecule has 3 heteroatoms. The number of aliphatic hydroxyl groups excluding tert-OH is 1. The number of rotatable bonds is 4. The summed E-state index contributed by atoms with van der Waals surface area (Å²) >= 11 is 0. The fourth-order valence-electron chi connectivity index (χ4n) is 2.38. The van der Waals surface area contributed by atoms with Gasteiger partial charge in [-0.05, 0) is 41.5 Å². The van der Waals surface area contributed by atoms with Gasteiger partial charge in [0, 0.05) is 12.2 Å². The van der Waals surface area contributed by atoms with Crippen LogP contribution in [0, 0.1) is 6.92 Å². The summed E-state index contributed by atoms with van der Waals surface area (Å²) < 4.78 is 0. The molecule has 0 amide bonds. The van der Waals surface area contributed by atoms with Gasteiger partial charge in [0.15, 0.2) is 0 Å². The van der Waals surface area contributed by atoms with E-state index in [0.29, 0.717) is 6.54 Å². The molecule has 0 saturated carbocycles. The molecular weight excluding hydrogens is 260 g/mol. The maximum atomic E-state index is 10.3. The van der Waals surface area contributed by atoms with Crippen LogP contribution in [0.25, 0.3) is 10.8 Å². The first kappa shape index (κ1) is 13.6. The summed E-state index contributed by atoms with van der Waals surface area (Å²) in [6.07, 6.45) is -0.558. The van der Waals surface area contributed by atoms with E-state index in [1.165, 1.54) is 5.39 Å². The van der Waals surface area contributed by atoms with Crippen LogP contribution in [-0.2, 0) is 0 Å². The average Bonchev–Trinajstić information content (AvgIpc) is 2.52. The van der Waals surface area contributed by atoms with Gasteiger partial charge in [0.25, 0.3) is 0 Å². The van der Waals surface area contributed by atoms with E-state index in [2.05, 4.69) is 22.4 Å².